The predicted molar refractivity (Wildman–Crippen MR) is 100 cm³/mol. The smallest absolute Gasteiger partial charge is 0.272 e. The molecule has 1 unspecified atom stereocenters. The quantitative estimate of drug-likeness (QED) is 0.465. The molecule has 0 radical (unpaired) electrons. The third-order valence-electron chi connectivity index (χ3n) is 3.77. The Morgan fingerprint density at radius 3 is 2.71 bits per heavy atom. The number of allylic oxidation sites excluding steroid dienone is 1. The van der Waals surface area contributed by atoms with E-state index in [1.807, 2.05) is 13.0 Å². The molecule has 0 saturated carbocycles. The van der Waals surface area contributed by atoms with Gasteiger partial charge in [0, 0.05) is 29.5 Å². The Labute approximate surface area is 145 Å². The Morgan fingerprint density at radius 2 is 2.08 bits per heavy atom. The lowest BCUT2D eigenvalue weighted by atomic mass is 10.0. The number of thioether (sulfide) groups is 1. The first-order valence-corrected chi connectivity index (χ1v) is 8.52. The van der Waals surface area contributed by atoms with Gasteiger partial charge in [0.15, 0.2) is 0 Å². The first-order valence-electron chi connectivity index (χ1n) is 7.53. The van der Waals surface area contributed by atoms with Gasteiger partial charge in [-0.1, -0.05) is 0 Å². The van der Waals surface area contributed by atoms with Gasteiger partial charge in [-0.05, 0) is 50.1 Å². The van der Waals surface area contributed by atoms with E-state index in [9.17, 15) is 10.1 Å². The van der Waals surface area contributed by atoms with Crippen molar-refractivity contribution in [3.05, 3.63) is 51.1 Å². The second-order valence-corrected chi connectivity index (χ2v) is 6.91. The summed E-state index contributed by atoms with van der Waals surface area (Å²) in [5, 5.41) is 27.3. The van der Waals surface area contributed by atoms with Crippen LogP contribution in [0.1, 0.15) is 23.6 Å². The molecule has 1 aliphatic heterocycles. The number of benzene rings is 1. The van der Waals surface area contributed by atoms with Crippen LogP contribution in [0.2, 0.25) is 0 Å². The molecular formula is C17H20N4O2S. The lowest BCUT2D eigenvalue weighted by Gasteiger charge is -2.07. The number of rotatable bonds is 6. The first-order chi connectivity index (χ1) is 11.3. The zero-order valence-electron chi connectivity index (χ0n) is 13.9. The summed E-state index contributed by atoms with van der Waals surface area (Å²) >= 11 is 1.62. The van der Waals surface area contributed by atoms with Gasteiger partial charge in [-0.2, -0.15) is 0 Å². The van der Waals surface area contributed by atoms with E-state index < -0.39 is 0 Å². The lowest BCUT2D eigenvalue weighted by Crippen LogP contribution is -2.15. The Bertz CT molecular complexity index is 768. The minimum Gasteiger partial charge on any atom is -0.306 e. The van der Waals surface area contributed by atoms with Crippen LogP contribution >= 0.6 is 11.8 Å². The fourth-order valence-electron chi connectivity index (χ4n) is 2.42. The number of aryl methyl sites for hydroxylation is 2. The highest BCUT2D eigenvalue weighted by molar-refractivity contribution is 8.14. The van der Waals surface area contributed by atoms with Crippen molar-refractivity contribution in [3.63, 3.8) is 0 Å². The van der Waals surface area contributed by atoms with Crippen molar-refractivity contribution in [3.8, 4) is 0 Å². The topological polar surface area (TPSA) is 103 Å². The second kappa shape index (κ2) is 7.53. The Hall–Kier alpha value is -2.28. The van der Waals surface area contributed by atoms with Crippen LogP contribution in [-0.2, 0) is 6.42 Å². The zero-order valence-corrected chi connectivity index (χ0v) is 14.7. The van der Waals surface area contributed by atoms with Gasteiger partial charge in [0.05, 0.1) is 15.7 Å². The van der Waals surface area contributed by atoms with Crippen molar-refractivity contribution in [2.45, 2.75) is 33.2 Å². The molecule has 24 heavy (non-hydrogen) atoms. The van der Waals surface area contributed by atoms with Crippen LogP contribution in [-0.4, -0.2) is 33.2 Å². The normalized spacial score (nSPS) is 17.1. The molecule has 0 fully saturated rings. The maximum absolute atomic E-state index is 11.0. The van der Waals surface area contributed by atoms with Gasteiger partial charge in [-0.25, -0.2) is 0 Å². The number of hydrogen-bond donors (Lipinski definition) is 2. The third kappa shape index (κ3) is 4.38. The minimum atomic E-state index is -0.358. The van der Waals surface area contributed by atoms with Gasteiger partial charge < -0.3 is 10.8 Å². The van der Waals surface area contributed by atoms with Crippen molar-refractivity contribution in [1.29, 1.82) is 10.8 Å². The third-order valence-corrected chi connectivity index (χ3v) is 4.84. The maximum atomic E-state index is 11.0. The number of nitro groups is 1. The van der Waals surface area contributed by atoms with E-state index in [1.165, 1.54) is 0 Å². The van der Waals surface area contributed by atoms with Crippen LogP contribution in [0, 0.1) is 34.8 Å². The number of nitrogens with zero attached hydrogens (tertiary/aromatic N) is 2. The largest absolute Gasteiger partial charge is 0.306 e. The Balaban J connectivity index is 2.13. The van der Waals surface area contributed by atoms with Crippen molar-refractivity contribution >= 4 is 33.9 Å². The monoisotopic (exact) mass is 344 g/mol. The van der Waals surface area contributed by atoms with Crippen molar-refractivity contribution < 1.29 is 4.92 Å². The molecule has 0 bridgehead atoms. The van der Waals surface area contributed by atoms with Gasteiger partial charge >= 0.3 is 0 Å². The Kier molecular flexibility index (Phi) is 5.66. The van der Waals surface area contributed by atoms with E-state index in [-0.39, 0.29) is 16.7 Å². The molecule has 7 heteroatoms. The summed E-state index contributed by atoms with van der Waals surface area (Å²) in [7, 11) is 0. The fraction of sp³-hybridized carbons (Fsp3) is 0.353. The summed E-state index contributed by atoms with van der Waals surface area (Å²) in [4.78, 5) is 15.2. The average molecular weight is 344 g/mol. The molecule has 2 N–H and O–H groups in total. The van der Waals surface area contributed by atoms with E-state index in [1.54, 1.807) is 43.8 Å². The molecule has 0 aromatic heterocycles. The SMILES string of the molecule is CC(=N)/C=C\C(=N)C1CSC(Cc2cc(C)c([N+](=O)[O-])cc2C)=N1. The Morgan fingerprint density at radius 1 is 1.38 bits per heavy atom. The van der Waals surface area contributed by atoms with Crippen molar-refractivity contribution in [2.75, 3.05) is 5.75 Å². The molecule has 0 spiro atoms. The van der Waals surface area contributed by atoms with Gasteiger partial charge in [0.1, 0.15) is 6.04 Å². The molecule has 1 heterocycles. The summed E-state index contributed by atoms with van der Waals surface area (Å²) in [5.41, 5.74) is 3.52. The van der Waals surface area contributed by atoms with E-state index in [0.29, 0.717) is 23.4 Å². The molecule has 1 atom stereocenters. The van der Waals surface area contributed by atoms with Crippen LogP contribution in [0.15, 0.2) is 29.3 Å². The summed E-state index contributed by atoms with van der Waals surface area (Å²) < 4.78 is 0. The molecule has 1 aromatic rings. The van der Waals surface area contributed by atoms with Crippen LogP contribution in [0.3, 0.4) is 0 Å². The van der Waals surface area contributed by atoms with E-state index in [4.69, 9.17) is 10.8 Å². The summed E-state index contributed by atoms with van der Waals surface area (Å²) in [6.07, 6.45) is 3.86. The number of nitrogens with one attached hydrogen (secondary N) is 2. The number of hydrogen-bond acceptors (Lipinski definition) is 6. The number of aliphatic imine (C=N–C) groups is 1. The van der Waals surface area contributed by atoms with Gasteiger partial charge in [-0.3, -0.25) is 15.1 Å². The summed E-state index contributed by atoms with van der Waals surface area (Å²) in [5.74, 6) is 0.723. The average Bonchev–Trinajstić information content (AvgIpc) is 2.96. The second-order valence-electron chi connectivity index (χ2n) is 5.82. The van der Waals surface area contributed by atoms with Crippen LogP contribution in [0.4, 0.5) is 5.69 Å². The van der Waals surface area contributed by atoms with Crippen molar-refractivity contribution in [1.82, 2.24) is 0 Å². The van der Waals surface area contributed by atoms with Crippen molar-refractivity contribution in [2.24, 2.45) is 4.99 Å². The highest BCUT2D eigenvalue weighted by Crippen LogP contribution is 2.27. The van der Waals surface area contributed by atoms with E-state index in [2.05, 4.69) is 4.99 Å². The van der Waals surface area contributed by atoms with Crippen LogP contribution < -0.4 is 0 Å². The highest BCUT2D eigenvalue weighted by Gasteiger charge is 2.22. The molecule has 0 aliphatic carbocycles. The van der Waals surface area contributed by atoms with Gasteiger partial charge in [0.25, 0.3) is 5.69 Å². The van der Waals surface area contributed by atoms with Gasteiger partial charge in [-0.15, -0.1) is 11.8 Å². The molecule has 126 valence electrons. The number of nitro benzene ring substituents is 1. The fourth-order valence-corrected chi connectivity index (χ4v) is 3.48. The van der Waals surface area contributed by atoms with E-state index >= 15 is 0 Å². The molecule has 0 amide bonds. The van der Waals surface area contributed by atoms with Crippen LogP contribution in [0.5, 0.6) is 0 Å². The van der Waals surface area contributed by atoms with E-state index in [0.717, 1.165) is 21.9 Å². The summed E-state index contributed by atoms with van der Waals surface area (Å²) in [6, 6.07) is 3.29. The molecular weight excluding hydrogens is 324 g/mol. The lowest BCUT2D eigenvalue weighted by molar-refractivity contribution is -0.385. The van der Waals surface area contributed by atoms with Gasteiger partial charge in [0.2, 0.25) is 0 Å². The minimum absolute atomic E-state index is 0.143. The molecule has 2 rings (SSSR count). The predicted octanol–water partition coefficient (Wildman–Crippen LogP) is 3.88. The standard InChI is InChI=1S/C17H20N4O2S/c1-10-7-16(21(22)23)11(2)6-13(10)8-17-20-15(9-24-17)14(19)5-4-12(3)18/h4-7,15,18-19H,8-9H2,1-3H3/b5-4-,18-12?,19-14?. The zero-order chi connectivity index (χ0) is 17.9. The first kappa shape index (κ1) is 18.1. The summed E-state index contributed by atoms with van der Waals surface area (Å²) in [6.45, 7) is 5.28. The molecule has 1 aromatic carbocycles. The maximum Gasteiger partial charge on any atom is 0.272 e. The molecule has 6 nitrogen and oxygen atoms in total. The van der Waals surface area contributed by atoms with Crippen LogP contribution in [0.25, 0.3) is 0 Å². The molecule has 1 aliphatic rings. The highest BCUT2D eigenvalue weighted by atomic mass is 32.2. The molecule has 0 saturated heterocycles.